The molecular formula is C29H30. The van der Waals surface area contributed by atoms with Crippen LogP contribution in [0.15, 0.2) is 96.6 Å². The summed E-state index contributed by atoms with van der Waals surface area (Å²) in [7, 11) is 0. The van der Waals surface area contributed by atoms with Crippen molar-refractivity contribution >= 4 is 0 Å². The van der Waals surface area contributed by atoms with Crippen molar-refractivity contribution in [2.75, 3.05) is 0 Å². The standard InChI is InChI=1S/C29H30/c1-5-24-13-9-17-28(24)29(25-14-6-10-21(2)18-25,26-15-7-11-22(3)19-26)27-16-8-12-23(4)20-27/h6-20,28H,5H2,1-4H3. The van der Waals surface area contributed by atoms with Crippen LogP contribution in [0.2, 0.25) is 0 Å². The molecule has 0 N–H and O–H groups in total. The highest BCUT2D eigenvalue weighted by Gasteiger charge is 2.44. The molecule has 0 saturated heterocycles. The first-order valence-corrected chi connectivity index (χ1v) is 10.6. The lowest BCUT2D eigenvalue weighted by Gasteiger charge is -2.42. The van der Waals surface area contributed by atoms with Crippen LogP contribution in [0.1, 0.15) is 46.7 Å². The molecule has 4 rings (SSSR count). The Morgan fingerprint density at radius 3 is 1.52 bits per heavy atom. The molecule has 0 bridgehead atoms. The van der Waals surface area contributed by atoms with E-state index in [0.717, 1.165) is 6.42 Å². The third kappa shape index (κ3) is 3.38. The highest BCUT2D eigenvalue weighted by molar-refractivity contribution is 5.57. The molecule has 0 saturated carbocycles. The molecule has 3 aromatic carbocycles. The zero-order chi connectivity index (χ0) is 20.4. The number of rotatable bonds is 5. The van der Waals surface area contributed by atoms with Gasteiger partial charge in [0.1, 0.15) is 0 Å². The molecule has 0 radical (unpaired) electrons. The molecule has 0 nitrogen and oxygen atoms in total. The molecule has 1 aliphatic rings. The van der Waals surface area contributed by atoms with Crippen molar-refractivity contribution in [3.63, 3.8) is 0 Å². The van der Waals surface area contributed by atoms with E-state index in [9.17, 15) is 0 Å². The molecule has 0 aromatic heterocycles. The summed E-state index contributed by atoms with van der Waals surface area (Å²) in [6.07, 6.45) is 8.04. The minimum absolute atomic E-state index is 0.251. The summed E-state index contributed by atoms with van der Waals surface area (Å²) >= 11 is 0. The zero-order valence-electron chi connectivity index (χ0n) is 17.9. The maximum atomic E-state index is 2.41. The lowest BCUT2D eigenvalue weighted by Crippen LogP contribution is -2.37. The van der Waals surface area contributed by atoms with Gasteiger partial charge < -0.3 is 0 Å². The number of hydrogen-bond donors (Lipinski definition) is 0. The molecule has 0 amide bonds. The third-order valence-electron chi connectivity index (χ3n) is 6.31. The molecule has 1 aliphatic carbocycles. The van der Waals surface area contributed by atoms with E-state index in [-0.39, 0.29) is 5.41 Å². The number of allylic oxidation sites excluding steroid dienone is 4. The quantitative estimate of drug-likeness (QED) is 0.404. The smallest absolute Gasteiger partial charge is 0.0551 e. The Labute approximate surface area is 175 Å². The van der Waals surface area contributed by atoms with Crippen LogP contribution in [0.4, 0.5) is 0 Å². The van der Waals surface area contributed by atoms with E-state index in [0.29, 0.717) is 5.92 Å². The minimum atomic E-state index is -0.251. The fourth-order valence-corrected chi connectivity index (χ4v) is 4.99. The Balaban J connectivity index is 2.13. The summed E-state index contributed by atoms with van der Waals surface area (Å²) in [6.45, 7) is 8.87. The topological polar surface area (TPSA) is 0 Å². The van der Waals surface area contributed by atoms with Gasteiger partial charge in [0.25, 0.3) is 0 Å². The van der Waals surface area contributed by atoms with Crippen LogP contribution in [-0.4, -0.2) is 0 Å². The maximum Gasteiger partial charge on any atom is 0.0551 e. The lowest BCUT2D eigenvalue weighted by molar-refractivity contribution is 0.497. The summed E-state index contributed by atoms with van der Waals surface area (Å²) in [5.41, 5.74) is 9.25. The van der Waals surface area contributed by atoms with Gasteiger partial charge in [-0.25, -0.2) is 0 Å². The Hall–Kier alpha value is -2.86. The van der Waals surface area contributed by atoms with E-state index in [4.69, 9.17) is 0 Å². The van der Waals surface area contributed by atoms with Crippen LogP contribution < -0.4 is 0 Å². The van der Waals surface area contributed by atoms with Gasteiger partial charge >= 0.3 is 0 Å². The molecule has 1 atom stereocenters. The van der Waals surface area contributed by atoms with Gasteiger partial charge in [-0.1, -0.05) is 120 Å². The first-order chi connectivity index (χ1) is 14.1. The summed E-state index contributed by atoms with van der Waals surface area (Å²) < 4.78 is 0. The van der Waals surface area contributed by atoms with Gasteiger partial charge in [0.2, 0.25) is 0 Å². The van der Waals surface area contributed by atoms with Crippen molar-refractivity contribution in [1.29, 1.82) is 0 Å². The third-order valence-corrected chi connectivity index (χ3v) is 6.31. The Morgan fingerprint density at radius 1 is 0.690 bits per heavy atom. The van der Waals surface area contributed by atoms with E-state index in [1.165, 1.54) is 39.0 Å². The van der Waals surface area contributed by atoms with Crippen LogP contribution in [-0.2, 0) is 5.41 Å². The van der Waals surface area contributed by atoms with E-state index < -0.39 is 0 Å². The number of hydrogen-bond acceptors (Lipinski definition) is 0. The summed E-state index contributed by atoms with van der Waals surface area (Å²) in [6, 6.07) is 27.3. The molecule has 29 heavy (non-hydrogen) atoms. The summed E-state index contributed by atoms with van der Waals surface area (Å²) in [5.74, 6) is 0.304. The molecular weight excluding hydrogens is 348 g/mol. The second-order valence-corrected chi connectivity index (χ2v) is 8.37. The van der Waals surface area contributed by atoms with E-state index in [1.54, 1.807) is 0 Å². The number of benzene rings is 3. The number of aryl methyl sites for hydroxylation is 3. The van der Waals surface area contributed by atoms with Crippen molar-refractivity contribution in [3.8, 4) is 0 Å². The zero-order valence-corrected chi connectivity index (χ0v) is 17.9. The van der Waals surface area contributed by atoms with E-state index >= 15 is 0 Å². The Bertz CT molecular complexity index is 970. The average Bonchev–Trinajstić information content (AvgIpc) is 3.18. The van der Waals surface area contributed by atoms with Crippen molar-refractivity contribution in [1.82, 2.24) is 0 Å². The second-order valence-electron chi connectivity index (χ2n) is 8.37. The lowest BCUT2D eigenvalue weighted by atomic mass is 9.59. The van der Waals surface area contributed by atoms with Crippen LogP contribution >= 0.6 is 0 Å². The fraction of sp³-hybridized carbons (Fsp3) is 0.241. The monoisotopic (exact) mass is 378 g/mol. The van der Waals surface area contributed by atoms with Crippen LogP contribution in [0.25, 0.3) is 0 Å². The van der Waals surface area contributed by atoms with E-state index in [2.05, 4.69) is 119 Å². The van der Waals surface area contributed by atoms with Crippen molar-refractivity contribution < 1.29 is 0 Å². The van der Waals surface area contributed by atoms with Gasteiger partial charge in [0.05, 0.1) is 5.41 Å². The van der Waals surface area contributed by atoms with E-state index in [1.807, 2.05) is 0 Å². The summed E-state index contributed by atoms with van der Waals surface area (Å²) in [5, 5.41) is 0. The van der Waals surface area contributed by atoms with Gasteiger partial charge in [0.15, 0.2) is 0 Å². The molecule has 0 heterocycles. The molecule has 0 spiro atoms. The van der Waals surface area contributed by atoms with Crippen LogP contribution in [0.3, 0.4) is 0 Å². The van der Waals surface area contributed by atoms with Crippen LogP contribution in [0, 0.1) is 26.7 Å². The van der Waals surface area contributed by atoms with Crippen LogP contribution in [0.5, 0.6) is 0 Å². The Morgan fingerprint density at radius 2 is 1.14 bits per heavy atom. The van der Waals surface area contributed by atoms with Gasteiger partial charge in [-0.15, -0.1) is 0 Å². The first-order valence-electron chi connectivity index (χ1n) is 10.6. The predicted molar refractivity (Wildman–Crippen MR) is 124 cm³/mol. The minimum Gasteiger partial charge on any atom is -0.0758 e. The maximum absolute atomic E-state index is 2.41. The van der Waals surface area contributed by atoms with Gasteiger partial charge in [-0.3, -0.25) is 0 Å². The highest BCUT2D eigenvalue weighted by Crippen LogP contribution is 2.51. The fourth-order valence-electron chi connectivity index (χ4n) is 4.99. The normalized spacial score (nSPS) is 16.1. The average molecular weight is 379 g/mol. The van der Waals surface area contributed by atoms with Crippen molar-refractivity contribution in [3.05, 3.63) is 130 Å². The highest BCUT2D eigenvalue weighted by atomic mass is 14.5. The van der Waals surface area contributed by atoms with Crippen molar-refractivity contribution in [2.45, 2.75) is 39.5 Å². The van der Waals surface area contributed by atoms with Crippen molar-refractivity contribution in [2.24, 2.45) is 5.92 Å². The SMILES string of the molecule is CCC1=CC=CC1C(c1cccc(C)c1)(c1cccc(C)c1)c1cccc(C)c1. The molecule has 1 unspecified atom stereocenters. The van der Waals surface area contributed by atoms with Gasteiger partial charge in [0, 0.05) is 5.92 Å². The molecule has 0 heteroatoms. The largest absolute Gasteiger partial charge is 0.0758 e. The molecule has 0 aliphatic heterocycles. The molecule has 0 fully saturated rings. The van der Waals surface area contributed by atoms with Gasteiger partial charge in [-0.2, -0.15) is 0 Å². The molecule has 146 valence electrons. The predicted octanol–water partition coefficient (Wildman–Crippen LogP) is 7.47. The van der Waals surface area contributed by atoms with Gasteiger partial charge in [-0.05, 0) is 43.9 Å². The Kier molecular flexibility index (Phi) is 5.28. The second kappa shape index (κ2) is 7.87. The first kappa shape index (κ1) is 19.5. The summed E-state index contributed by atoms with van der Waals surface area (Å²) in [4.78, 5) is 0. The molecule has 3 aromatic rings.